The Morgan fingerprint density at radius 2 is 1.79 bits per heavy atom. The van der Waals surface area contributed by atoms with E-state index in [2.05, 4.69) is 10.5 Å². The fourth-order valence-electron chi connectivity index (χ4n) is 5.12. The summed E-state index contributed by atoms with van der Waals surface area (Å²) in [4.78, 5) is 17.6. The van der Waals surface area contributed by atoms with E-state index in [4.69, 9.17) is 9.51 Å². The predicted molar refractivity (Wildman–Crippen MR) is 104 cm³/mol. The second kappa shape index (κ2) is 8.13. The van der Waals surface area contributed by atoms with Crippen LogP contribution in [0.2, 0.25) is 0 Å². The molecule has 4 rings (SSSR count). The van der Waals surface area contributed by atoms with Crippen molar-refractivity contribution in [3.8, 4) is 0 Å². The average molecular weight is 410 g/mol. The standard InChI is InChI=1S/C20H31N3O4S/c24-17(13-15-9-12-28(25,26)14-15)22-20(10-5-1-2-6-11-20)19-21-18(27-23-19)16-7-3-4-8-16/h15-16H,1-14H2,(H,22,24)/t15-/m1/s1. The number of sulfone groups is 1. The summed E-state index contributed by atoms with van der Waals surface area (Å²) in [5, 5.41) is 7.54. The van der Waals surface area contributed by atoms with Crippen LogP contribution in [-0.2, 0) is 20.2 Å². The van der Waals surface area contributed by atoms with Gasteiger partial charge in [-0.1, -0.05) is 43.7 Å². The molecule has 7 nitrogen and oxygen atoms in total. The minimum Gasteiger partial charge on any atom is -0.343 e. The van der Waals surface area contributed by atoms with E-state index in [1.165, 1.54) is 12.8 Å². The van der Waals surface area contributed by atoms with Crippen LogP contribution in [0.3, 0.4) is 0 Å². The molecule has 1 amide bonds. The van der Waals surface area contributed by atoms with E-state index in [1.54, 1.807) is 0 Å². The van der Waals surface area contributed by atoms with Crippen molar-refractivity contribution in [2.24, 2.45) is 5.92 Å². The minimum absolute atomic E-state index is 0.0767. The second-order valence-electron chi connectivity index (χ2n) is 8.96. The van der Waals surface area contributed by atoms with Crippen LogP contribution < -0.4 is 5.32 Å². The maximum Gasteiger partial charge on any atom is 0.229 e. The van der Waals surface area contributed by atoms with Crippen molar-refractivity contribution < 1.29 is 17.7 Å². The van der Waals surface area contributed by atoms with E-state index >= 15 is 0 Å². The predicted octanol–water partition coefficient (Wildman–Crippen LogP) is 3.22. The molecule has 2 saturated carbocycles. The number of rotatable bonds is 5. The summed E-state index contributed by atoms with van der Waals surface area (Å²) in [6.07, 6.45) is 11.4. The first-order valence-electron chi connectivity index (χ1n) is 10.8. The van der Waals surface area contributed by atoms with Crippen LogP contribution in [0.4, 0.5) is 0 Å². The fraction of sp³-hybridized carbons (Fsp3) is 0.850. The number of aromatic nitrogens is 2. The van der Waals surface area contributed by atoms with Gasteiger partial charge in [-0.05, 0) is 38.0 Å². The minimum atomic E-state index is -2.97. The summed E-state index contributed by atoms with van der Waals surface area (Å²) in [7, 11) is -2.97. The third-order valence-corrected chi connectivity index (χ3v) is 8.55. The van der Waals surface area contributed by atoms with Crippen LogP contribution in [0, 0.1) is 5.92 Å². The van der Waals surface area contributed by atoms with Gasteiger partial charge in [-0.2, -0.15) is 4.98 Å². The number of nitrogens with one attached hydrogen (secondary N) is 1. The van der Waals surface area contributed by atoms with Crippen molar-refractivity contribution in [3.05, 3.63) is 11.7 Å². The first kappa shape index (κ1) is 19.9. The zero-order valence-corrected chi connectivity index (χ0v) is 17.3. The Morgan fingerprint density at radius 1 is 1.07 bits per heavy atom. The highest BCUT2D eigenvalue weighted by atomic mass is 32.2. The van der Waals surface area contributed by atoms with E-state index in [9.17, 15) is 13.2 Å². The molecule has 0 unspecified atom stereocenters. The second-order valence-corrected chi connectivity index (χ2v) is 11.2. The number of hydrogen-bond donors (Lipinski definition) is 1. The van der Waals surface area contributed by atoms with Crippen LogP contribution in [0.15, 0.2) is 4.52 Å². The summed E-state index contributed by atoms with van der Waals surface area (Å²) >= 11 is 0. The smallest absolute Gasteiger partial charge is 0.229 e. The van der Waals surface area contributed by atoms with Gasteiger partial charge < -0.3 is 9.84 Å². The van der Waals surface area contributed by atoms with Gasteiger partial charge in [0.2, 0.25) is 11.8 Å². The Labute approximate surface area is 167 Å². The quantitative estimate of drug-likeness (QED) is 0.749. The first-order valence-corrected chi connectivity index (χ1v) is 12.6. The Bertz CT molecular complexity index is 790. The molecule has 28 heavy (non-hydrogen) atoms. The molecule has 2 heterocycles. The van der Waals surface area contributed by atoms with Gasteiger partial charge in [-0.15, -0.1) is 0 Å². The Morgan fingerprint density at radius 3 is 2.43 bits per heavy atom. The van der Waals surface area contributed by atoms with Gasteiger partial charge in [0, 0.05) is 12.3 Å². The summed E-state index contributed by atoms with van der Waals surface area (Å²) < 4.78 is 29.0. The lowest BCUT2D eigenvalue weighted by molar-refractivity contribution is -0.124. The molecule has 1 N–H and O–H groups in total. The monoisotopic (exact) mass is 409 g/mol. The molecule has 2 aliphatic carbocycles. The van der Waals surface area contributed by atoms with Crippen molar-refractivity contribution in [2.75, 3.05) is 11.5 Å². The molecule has 0 bridgehead atoms. The highest BCUT2D eigenvalue weighted by molar-refractivity contribution is 7.91. The molecule has 8 heteroatoms. The van der Waals surface area contributed by atoms with Gasteiger partial charge in [0.1, 0.15) is 5.54 Å². The molecular formula is C20H31N3O4S. The zero-order valence-electron chi connectivity index (χ0n) is 16.5. The normalized spacial score (nSPS) is 27.5. The topological polar surface area (TPSA) is 102 Å². The third kappa shape index (κ3) is 4.42. The van der Waals surface area contributed by atoms with Gasteiger partial charge in [0.25, 0.3) is 0 Å². The average Bonchev–Trinajstić information content (AvgIpc) is 3.35. The van der Waals surface area contributed by atoms with E-state index in [-0.39, 0.29) is 29.8 Å². The van der Waals surface area contributed by atoms with Crippen molar-refractivity contribution in [3.63, 3.8) is 0 Å². The van der Waals surface area contributed by atoms with E-state index in [0.717, 1.165) is 51.4 Å². The molecule has 156 valence electrons. The molecule has 3 aliphatic rings. The highest BCUT2D eigenvalue weighted by Gasteiger charge is 2.40. The Hall–Kier alpha value is -1.44. The number of carbonyl (C=O) groups excluding carboxylic acids is 1. The van der Waals surface area contributed by atoms with Crippen LogP contribution in [-0.4, -0.2) is 36.0 Å². The van der Waals surface area contributed by atoms with E-state index in [1.807, 2.05) is 0 Å². The van der Waals surface area contributed by atoms with Gasteiger partial charge >= 0.3 is 0 Å². The van der Waals surface area contributed by atoms with Crippen LogP contribution >= 0.6 is 0 Å². The lowest BCUT2D eigenvalue weighted by atomic mass is 9.88. The molecule has 1 aromatic rings. The van der Waals surface area contributed by atoms with Crippen LogP contribution in [0.1, 0.15) is 94.7 Å². The lowest BCUT2D eigenvalue weighted by Gasteiger charge is -2.31. The zero-order chi connectivity index (χ0) is 19.6. The number of nitrogens with zero attached hydrogens (tertiary/aromatic N) is 2. The maximum atomic E-state index is 12.8. The number of amides is 1. The van der Waals surface area contributed by atoms with E-state index in [0.29, 0.717) is 24.1 Å². The molecule has 3 fully saturated rings. The Kier molecular flexibility index (Phi) is 5.76. The summed E-state index contributed by atoms with van der Waals surface area (Å²) in [6, 6.07) is 0. The van der Waals surface area contributed by atoms with E-state index < -0.39 is 15.4 Å². The molecular weight excluding hydrogens is 378 g/mol. The van der Waals surface area contributed by atoms with Crippen molar-refractivity contribution in [1.82, 2.24) is 15.5 Å². The van der Waals surface area contributed by atoms with Crippen molar-refractivity contribution in [2.45, 2.75) is 88.5 Å². The van der Waals surface area contributed by atoms with Gasteiger partial charge in [0.05, 0.1) is 11.5 Å². The summed E-state index contributed by atoms with van der Waals surface area (Å²) in [6.45, 7) is 0. The fourth-order valence-corrected chi connectivity index (χ4v) is 6.98. The SMILES string of the molecule is O=C(C[C@H]1CCS(=O)(=O)C1)NC1(c2noc(C3CCCC3)n2)CCCCCC1. The van der Waals surface area contributed by atoms with Crippen LogP contribution in [0.25, 0.3) is 0 Å². The molecule has 1 atom stereocenters. The van der Waals surface area contributed by atoms with Gasteiger partial charge in [-0.25, -0.2) is 8.42 Å². The first-order chi connectivity index (χ1) is 13.5. The molecule has 1 aliphatic heterocycles. The Balaban J connectivity index is 1.50. The van der Waals surface area contributed by atoms with Crippen LogP contribution in [0.5, 0.6) is 0 Å². The molecule has 1 saturated heterocycles. The third-order valence-electron chi connectivity index (χ3n) is 6.71. The summed E-state index contributed by atoms with van der Waals surface area (Å²) in [5.74, 6) is 1.84. The number of hydrogen-bond acceptors (Lipinski definition) is 6. The van der Waals surface area contributed by atoms with Gasteiger partial charge in [-0.3, -0.25) is 4.79 Å². The maximum absolute atomic E-state index is 12.8. The lowest BCUT2D eigenvalue weighted by Crippen LogP contribution is -2.47. The summed E-state index contributed by atoms with van der Waals surface area (Å²) in [5.41, 5.74) is -0.578. The van der Waals surface area contributed by atoms with Crippen molar-refractivity contribution in [1.29, 1.82) is 0 Å². The molecule has 0 radical (unpaired) electrons. The molecule has 0 spiro atoms. The molecule has 0 aromatic carbocycles. The largest absolute Gasteiger partial charge is 0.343 e. The van der Waals surface area contributed by atoms with Gasteiger partial charge in [0.15, 0.2) is 15.7 Å². The van der Waals surface area contributed by atoms with Crippen molar-refractivity contribution >= 4 is 15.7 Å². The number of carbonyl (C=O) groups is 1. The molecule has 1 aromatic heterocycles. The highest BCUT2D eigenvalue weighted by Crippen LogP contribution is 2.38.